The lowest BCUT2D eigenvalue weighted by atomic mass is 9.91. The van der Waals surface area contributed by atoms with E-state index in [2.05, 4.69) is 17.5 Å². The van der Waals surface area contributed by atoms with Crippen LogP contribution in [0.5, 0.6) is 0 Å². The summed E-state index contributed by atoms with van der Waals surface area (Å²) in [5, 5.41) is 12.4. The molecule has 2 heterocycles. The Morgan fingerprint density at radius 1 is 1.41 bits per heavy atom. The molecule has 1 N–H and O–H groups in total. The van der Waals surface area contributed by atoms with Crippen molar-refractivity contribution < 1.29 is 4.74 Å². The maximum absolute atomic E-state index is 8.92. The SMILES string of the molecule is N#Cc1ccc2c(c1)CCO[C@@H]2C1CCCN1. The Morgan fingerprint density at radius 2 is 2.35 bits per heavy atom. The number of hydrogen-bond donors (Lipinski definition) is 1. The van der Waals surface area contributed by atoms with E-state index in [4.69, 9.17) is 10.00 Å². The minimum absolute atomic E-state index is 0.175. The van der Waals surface area contributed by atoms with E-state index < -0.39 is 0 Å². The number of benzene rings is 1. The highest BCUT2D eigenvalue weighted by molar-refractivity contribution is 5.40. The van der Waals surface area contributed by atoms with Crippen molar-refractivity contribution in [3.05, 3.63) is 34.9 Å². The summed E-state index contributed by atoms with van der Waals surface area (Å²) in [4.78, 5) is 0. The zero-order valence-corrected chi connectivity index (χ0v) is 9.78. The van der Waals surface area contributed by atoms with Crippen molar-refractivity contribution in [1.82, 2.24) is 5.32 Å². The summed E-state index contributed by atoms with van der Waals surface area (Å²) in [6.45, 7) is 1.86. The number of nitriles is 1. The van der Waals surface area contributed by atoms with Crippen molar-refractivity contribution in [2.24, 2.45) is 0 Å². The first kappa shape index (κ1) is 10.8. The van der Waals surface area contributed by atoms with Crippen molar-refractivity contribution in [1.29, 1.82) is 5.26 Å². The van der Waals surface area contributed by atoms with E-state index in [0.717, 1.165) is 25.1 Å². The molecule has 1 aromatic rings. The number of ether oxygens (including phenoxy) is 1. The fraction of sp³-hybridized carbons (Fsp3) is 0.500. The molecule has 17 heavy (non-hydrogen) atoms. The van der Waals surface area contributed by atoms with Crippen molar-refractivity contribution in [3.63, 3.8) is 0 Å². The van der Waals surface area contributed by atoms with Gasteiger partial charge in [-0.1, -0.05) is 6.07 Å². The Morgan fingerprint density at radius 3 is 3.12 bits per heavy atom. The van der Waals surface area contributed by atoms with Crippen LogP contribution in [-0.4, -0.2) is 19.2 Å². The van der Waals surface area contributed by atoms with Gasteiger partial charge < -0.3 is 10.1 Å². The van der Waals surface area contributed by atoms with Gasteiger partial charge in [-0.3, -0.25) is 0 Å². The molecule has 0 saturated carbocycles. The number of rotatable bonds is 1. The molecule has 1 fully saturated rings. The van der Waals surface area contributed by atoms with Crippen molar-refractivity contribution >= 4 is 0 Å². The molecule has 0 bridgehead atoms. The Bertz CT molecular complexity index is 458. The minimum Gasteiger partial charge on any atom is -0.372 e. The number of nitrogens with zero attached hydrogens (tertiary/aromatic N) is 1. The maximum Gasteiger partial charge on any atom is 0.0991 e. The largest absolute Gasteiger partial charge is 0.372 e. The second-order valence-corrected chi connectivity index (χ2v) is 4.77. The monoisotopic (exact) mass is 228 g/mol. The summed E-state index contributed by atoms with van der Waals surface area (Å²) in [5.41, 5.74) is 3.31. The summed E-state index contributed by atoms with van der Waals surface area (Å²) in [6.07, 6.45) is 3.52. The van der Waals surface area contributed by atoms with Crippen LogP contribution in [0.1, 0.15) is 35.6 Å². The van der Waals surface area contributed by atoms with Gasteiger partial charge in [0.05, 0.1) is 24.3 Å². The van der Waals surface area contributed by atoms with Crippen LogP contribution >= 0.6 is 0 Å². The predicted molar refractivity (Wildman–Crippen MR) is 64.6 cm³/mol. The van der Waals surface area contributed by atoms with Crippen LogP contribution in [0.3, 0.4) is 0 Å². The van der Waals surface area contributed by atoms with Gasteiger partial charge in [0.15, 0.2) is 0 Å². The van der Waals surface area contributed by atoms with E-state index in [9.17, 15) is 0 Å². The Labute approximate surface area is 101 Å². The molecule has 0 spiro atoms. The lowest BCUT2D eigenvalue weighted by Gasteiger charge is -2.30. The van der Waals surface area contributed by atoms with Gasteiger partial charge in [0.2, 0.25) is 0 Å². The fourth-order valence-electron chi connectivity index (χ4n) is 2.86. The molecule has 1 unspecified atom stereocenters. The highest BCUT2D eigenvalue weighted by Crippen LogP contribution is 2.33. The molecule has 0 aliphatic carbocycles. The Balaban J connectivity index is 1.94. The van der Waals surface area contributed by atoms with Crippen molar-refractivity contribution in [2.45, 2.75) is 31.4 Å². The van der Waals surface area contributed by atoms with Gasteiger partial charge in [-0.25, -0.2) is 0 Å². The number of nitrogens with one attached hydrogen (secondary N) is 1. The van der Waals surface area contributed by atoms with E-state index in [1.807, 2.05) is 12.1 Å². The molecule has 1 saturated heterocycles. The quantitative estimate of drug-likeness (QED) is 0.798. The normalized spacial score (nSPS) is 27.5. The molecular weight excluding hydrogens is 212 g/mol. The molecule has 3 nitrogen and oxygen atoms in total. The predicted octanol–water partition coefficient (Wildman–Crippen LogP) is 1.92. The molecule has 2 aliphatic heterocycles. The molecule has 3 heteroatoms. The van der Waals surface area contributed by atoms with Crippen LogP contribution in [-0.2, 0) is 11.2 Å². The summed E-state index contributed by atoms with van der Waals surface area (Å²) >= 11 is 0. The van der Waals surface area contributed by atoms with Crippen LogP contribution < -0.4 is 5.32 Å². The molecule has 2 aliphatic rings. The summed E-state index contributed by atoms with van der Waals surface area (Å²) in [6, 6.07) is 8.63. The molecule has 0 amide bonds. The topological polar surface area (TPSA) is 45.0 Å². The first-order valence-corrected chi connectivity index (χ1v) is 6.26. The average Bonchev–Trinajstić information content (AvgIpc) is 2.91. The van der Waals surface area contributed by atoms with Gasteiger partial charge in [-0.05, 0) is 49.1 Å². The molecule has 3 rings (SSSR count). The summed E-state index contributed by atoms with van der Waals surface area (Å²) < 4.78 is 5.92. The van der Waals surface area contributed by atoms with Gasteiger partial charge in [0.1, 0.15) is 0 Å². The highest BCUT2D eigenvalue weighted by atomic mass is 16.5. The lowest BCUT2D eigenvalue weighted by Crippen LogP contribution is -2.33. The lowest BCUT2D eigenvalue weighted by molar-refractivity contribution is 0.0199. The van der Waals surface area contributed by atoms with Crippen molar-refractivity contribution in [3.8, 4) is 6.07 Å². The summed E-state index contributed by atoms with van der Waals surface area (Å²) in [5.74, 6) is 0. The zero-order chi connectivity index (χ0) is 11.7. The van der Waals surface area contributed by atoms with E-state index >= 15 is 0 Å². The molecule has 0 radical (unpaired) electrons. The van der Waals surface area contributed by atoms with Crippen LogP contribution in [0, 0.1) is 11.3 Å². The molecule has 1 aromatic carbocycles. The van der Waals surface area contributed by atoms with Gasteiger partial charge in [-0.2, -0.15) is 5.26 Å². The highest BCUT2D eigenvalue weighted by Gasteiger charge is 2.30. The van der Waals surface area contributed by atoms with Crippen molar-refractivity contribution in [2.75, 3.05) is 13.2 Å². The zero-order valence-electron chi connectivity index (χ0n) is 9.78. The van der Waals surface area contributed by atoms with Crippen LogP contribution in [0.25, 0.3) is 0 Å². The third-order valence-corrected chi connectivity index (χ3v) is 3.71. The second-order valence-electron chi connectivity index (χ2n) is 4.77. The van der Waals surface area contributed by atoms with Crippen LogP contribution in [0.15, 0.2) is 18.2 Å². The standard InChI is InChI=1S/C14H16N2O/c15-9-10-3-4-12-11(8-10)5-7-17-14(12)13-2-1-6-16-13/h3-4,8,13-14,16H,1-2,5-7H2/t13?,14-/m0/s1. The van der Waals surface area contributed by atoms with E-state index in [0.29, 0.717) is 6.04 Å². The van der Waals surface area contributed by atoms with E-state index in [1.165, 1.54) is 24.0 Å². The Kier molecular flexibility index (Phi) is 2.84. The maximum atomic E-state index is 8.92. The first-order chi connectivity index (χ1) is 8.38. The Hall–Kier alpha value is -1.37. The van der Waals surface area contributed by atoms with Gasteiger partial charge >= 0.3 is 0 Å². The van der Waals surface area contributed by atoms with Gasteiger partial charge in [0.25, 0.3) is 0 Å². The number of fused-ring (bicyclic) bond motifs is 1. The fourth-order valence-corrected chi connectivity index (χ4v) is 2.86. The van der Waals surface area contributed by atoms with Crippen LogP contribution in [0.2, 0.25) is 0 Å². The molecule has 0 aromatic heterocycles. The van der Waals surface area contributed by atoms with E-state index in [1.54, 1.807) is 0 Å². The minimum atomic E-state index is 0.175. The third kappa shape index (κ3) is 1.95. The van der Waals surface area contributed by atoms with E-state index in [-0.39, 0.29) is 6.10 Å². The summed E-state index contributed by atoms with van der Waals surface area (Å²) in [7, 11) is 0. The van der Waals surface area contributed by atoms with Gasteiger partial charge in [-0.15, -0.1) is 0 Å². The molecule has 88 valence electrons. The molecular formula is C14H16N2O. The number of hydrogen-bond acceptors (Lipinski definition) is 3. The molecule has 2 atom stereocenters. The van der Waals surface area contributed by atoms with Gasteiger partial charge in [0, 0.05) is 6.04 Å². The smallest absolute Gasteiger partial charge is 0.0991 e. The third-order valence-electron chi connectivity index (χ3n) is 3.71. The average molecular weight is 228 g/mol. The first-order valence-electron chi connectivity index (χ1n) is 6.26. The second kappa shape index (κ2) is 4.48. The van der Waals surface area contributed by atoms with Crippen LogP contribution in [0.4, 0.5) is 0 Å².